The molecule has 150 valence electrons. The van der Waals surface area contributed by atoms with E-state index >= 15 is 0 Å². The zero-order valence-corrected chi connectivity index (χ0v) is 17.0. The van der Waals surface area contributed by atoms with Gasteiger partial charge in [-0.1, -0.05) is 11.6 Å². The van der Waals surface area contributed by atoms with Crippen molar-refractivity contribution in [2.75, 3.05) is 13.1 Å². The van der Waals surface area contributed by atoms with Gasteiger partial charge >= 0.3 is 0 Å². The number of pyridine rings is 1. The van der Waals surface area contributed by atoms with E-state index in [2.05, 4.69) is 20.5 Å². The molecule has 0 saturated carbocycles. The highest BCUT2D eigenvalue weighted by Gasteiger charge is 2.52. The van der Waals surface area contributed by atoms with Gasteiger partial charge in [0.1, 0.15) is 16.9 Å². The zero-order chi connectivity index (χ0) is 19.9. The van der Waals surface area contributed by atoms with E-state index in [1.165, 1.54) is 0 Å². The molecule has 8 heteroatoms. The average Bonchev–Trinajstić information content (AvgIpc) is 3.22. The number of hydrogen-bond acceptors (Lipinski definition) is 4. The molecule has 2 fully saturated rings. The van der Waals surface area contributed by atoms with Crippen LogP contribution in [0.1, 0.15) is 50.0 Å². The molecule has 2 saturated heterocycles. The smallest absolute Gasteiger partial charge is 0.271 e. The van der Waals surface area contributed by atoms with Crippen LogP contribution in [0, 0.1) is 0 Å². The Labute approximate surface area is 169 Å². The van der Waals surface area contributed by atoms with E-state index < -0.39 is 5.54 Å². The van der Waals surface area contributed by atoms with E-state index in [4.69, 9.17) is 11.6 Å². The quantitative estimate of drug-likeness (QED) is 0.820. The van der Waals surface area contributed by atoms with E-state index in [-0.39, 0.29) is 23.9 Å². The summed E-state index contributed by atoms with van der Waals surface area (Å²) in [6, 6.07) is 3.55. The molecular weight excluding hydrogens is 378 g/mol. The SMILES string of the molecule is CC(C)NC(=O)[C@@]12CCCCN1C[C@@H](NC(=O)c1cn3cc(Cl)ccc3n1)C2. The van der Waals surface area contributed by atoms with Gasteiger partial charge in [-0.25, -0.2) is 4.98 Å². The molecule has 2 aromatic heterocycles. The van der Waals surface area contributed by atoms with E-state index in [1.54, 1.807) is 28.9 Å². The van der Waals surface area contributed by atoms with Gasteiger partial charge in [0.05, 0.1) is 5.02 Å². The van der Waals surface area contributed by atoms with Gasteiger partial charge in [-0.05, 0) is 58.2 Å². The molecule has 0 aromatic carbocycles. The fourth-order valence-electron chi connectivity index (χ4n) is 4.50. The third-order valence-electron chi connectivity index (χ3n) is 5.72. The normalized spacial score (nSPS) is 25.1. The Kier molecular flexibility index (Phi) is 5.05. The Bertz CT molecular complexity index is 911. The summed E-state index contributed by atoms with van der Waals surface area (Å²) >= 11 is 6.00. The molecule has 0 spiro atoms. The minimum Gasteiger partial charge on any atom is -0.352 e. The van der Waals surface area contributed by atoms with Crippen LogP contribution < -0.4 is 10.6 Å². The van der Waals surface area contributed by atoms with Crippen LogP contribution in [-0.4, -0.2) is 56.8 Å². The van der Waals surface area contributed by atoms with Gasteiger partial charge in [-0.2, -0.15) is 0 Å². The third-order valence-corrected chi connectivity index (χ3v) is 5.95. The van der Waals surface area contributed by atoms with Crippen LogP contribution in [0.5, 0.6) is 0 Å². The highest BCUT2D eigenvalue weighted by Crippen LogP contribution is 2.38. The first kappa shape index (κ1) is 19.2. The molecule has 0 aliphatic carbocycles. The van der Waals surface area contributed by atoms with Crippen molar-refractivity contribution in [3.05, 3.63) is 35.2 Å². The predicted octanol–water partition coefficient (Wildman–Crippen LogP) is 2.24. The molecule has 2 atom stereocenters. The highest BCUT2D eigenvalue weighted by atomic mass is 35.5. The van der Waals surface area contributed by atoms with Gasteiger partial charge in [0, 0.05) is 31.0 Å². The summed E-state index contributed by atoms with van der Waals surface area (Å²) in [6.45, 7) is 5.54. The minimum absolute atomic E-state index is 0.0723. The minimum atomic E-state index is -0.507. The standard InChI is InChI=1S/C20H26ClN5O2/c1-13(2)22-19(28)20-7-3-4-8-26(20)11-15(9-20)23-18(27)16-12-25-10-14(21)5-6-17(25)24-16/h5-6,10,12-13,15H,3-4,7-9,11H2,1-2H3,(H,22,28)(H,23,27)/t15-,20-/m0/s1. The van der Waals surface area contributed by atoms with Gasteiger partial charge < -0.3 is 15.0 Å². The molecule has 2 N–H and O–H groups in total. The maximum Gasteiger partial charge on any atom is 0.271 e. The maximum atomic E-state index is 13.0. The van der Waals surface area contributed by atoms with Gasteiger partial charge in [0.15, 0.2) is 0 Å². The molecular formula is C20H26ClN5O2. The molecule has 2 aliphatic rings. The molecule has 2 aromatic rings. The van der Waals surface area contributed by atoms with Crippen molar-refractivity contribution in [3.63, 3.8) is 0 Å². The number of piperidine rings is 1. The van der Waals surface area contributed by atoms with Crippen LogP contribution in [0.2, 0.25) is 5.02 Å². The van der Waals surface area contributed by atoms with E-state index in [1.807, 2.05) is 13.8 Å². The Morgan fingerprint density at radius 3 is 2.89 bits per heavy atom. The zero-order valence-electron chi connectivity index (χ0n) is 16.2. The molecule has 0 unspecified atom stereocenters. The van der Waals surface area contributed by atoms with Gasteiger partial charge in [-0.3, -0.25) is 14.5 Å². The lowest BCUT2D eigenvalue weighted by atomic mass is 9.84. The Hall–Kier alpha value is -2.12. The van der Waals surface area contributed by atoms with Crippen molar-refractivity contribution >= 4 is 29.1 Å². The Morgan fingerprint density at radius 1 is 1.29 bits per heavy atom. The maximum absolute atomic E-state index is 13.0. The number of halogens is 1. The van der Waals surface area contributed by atoms with Crippen LogP contribution in [0.4, 0.5) is 0 Å². The number of rotatable bonds is 4. The first-order valence-corrected chi connectivity index (χ1v) is 10.3. The second-order valence-electron chi connectivity index (χ2n) is 8.18. The van der Waals surface area contributed by atoms with Gasteiger partial charge in [0.2, 0.25) is 5.91 Å². The third kappa shape index (κ3) is 3.49. The fraction of sp³-hybridized carbons (Fsp3) is 0.550. The van der Waals surface area contributed by atoms with Crippen LogP contribution in [-0.2, 0) is 4.79 Å². The van der Waals surface area contributed by atoms with E-state index in [9.17, 15) is 9.59 Å². The van der Waals surface area contributed by atoms with Crippen molar-refractivity contribution < 1.29 is 9.59 Å². The number of nitrogens with zero attached hydrogens (tertiary/aromatic N) is 3. The lowest BCUT2D eigenvalue weighted by Gasteiger charge is -2.41. The lowest BCUT2D eigenvalue weighted by molar-refractivity contribution is -0.134. The monoisotopic (exact) mass is 403 g/mol. The van der Waals surface area contributed by atoms with Crippen molar-refractivity contribution in [2.45, 2.75) is 57.2 Å². The lowest BCUT2D eigenvalue weighted by Crippen LogP contribution is -2.58. The van der Waals surface area contributed by atoms with Gasteiger partial charge in [-0.15, -0.1) is 0 Å². The fourth-order valence-corrected chi connectivity index (χ4v) is 4.67. The number of imidazole rings is 1. The van der Waals surface area contributed by atoms with Crippen LogP contribution in [0.25, 0.3) is 5.65 Å². The number of hydrogen-bond donors (Lipinski definition) is 2. The molecule has 2 aliphatic heterocycles. The number of aromatic nitrogens is 2. The molecule has 2 amide bonds. The number of amides is 2. The Balaban J connectivity index is 1.50. The van der Waals surface area contributed by atoms with Crippen molar-refractivity contribution in [1.29, 1.82) is 0 Å². The molecule has 4 rings (SSSR count). The van der Waals surface area contributed by atoms with Crippen LogP contribution in [0.15, 0.2) is 24.5 Å². The summed E-state index contributed by atoms with van der Waals surface area (Å²) in [5.41, 5.74) is 0.520. The summed E-state index contributed by atoms with van der Waals surface area (Å²) in [6.07, 6.45) is 7.00. The molecule has 4 heterocycles. The topological polar surface area (TPSA) is 78.7 Å². The second kappa shape index (κ2) is 7.37. The van der Waals surface area contributed by atoms with Crippen LogP contribution in [0.3, 0.4) is 0 Å². The predicted molar refractivity (Wildman–Crippen MR) is 108 cm³/mol. The summed E-state index contributed by atoms with van der Waals surface area (Å²) in [4.78, 5) is 32.4. The molecule has 28 heavy (non-hydrogen) atoms. The van der Waals surface area contributed by atoms with Crippen LogP contribution >= 0.6 is 11.6 Å². The van der Waals surface area contributed by atoms with Crippen molar-refractivity contribution in [3.8, 4) is 0 Å². The molecule has 0 bridgehead atoms. The number of fused-ring (bicyclic) bond motifs is 2. The number of carbonyl (C=O) groups is 2. The number of carbonyl (C=O) groups excluding carboxylic acids is 2. The average molecular weight is 404 g/mol. The van der Waals surface area contributed by atoms with Crippen molar-refractivity contribution in [2.24, 2.45) is 0 Å². The largest absolute Gasteiger partial charge is 0.352 e. The summed E-state index contributed by atoms with van der Waals surface area (Å²) < 4.78 is 1.74. The number of nitrogens with one attached hydrogen (secondary N) is 2. The summed E-state index contributed by atoms with van der Waals surface area (Å²) in [7, 11) is 0. The highest BCUT2D eigenvalue weighted by molar-refractivity contribution is 6.30. The molecule has 0 radical (unpaired) electrons. The molecule has 7 nitrogen and oxygen atoms in total. The van der Waals surface area contributed by atoms with E-state index in [0.717, 1.165) is 25.8 Å². The summed E-state index contributed by atoms with van der Waals surface area (Å²) in [5.74, 6) is -0.134. The summed E-state index contributed by atoms with van der Waals surface area (Å²) in [5, 5.41) is 6.76. The first-order chi connectivity index (χ1) is 13.4. The second-order valence-corrected chi connectivity index (χ2v) is 8.61. The Morgan fingerprint density at radius 2 is 2.11 bits per heavy atom. The van der Waals surface area contributed by atoms with Gasteiger partial charge in [0.25, 0.3) is 5.91 Å². The van der Waals surface area contributed by atoms with E-state index in [0.29, 0.717) is 29.3 Å². The van der Waals surface area contributed by atoms with Crippen molar-refractivity contribution in [1.82, 2.24) is 24.9 Å². The first-order valence-electron chi connectivity index (χ1n) is 9.88.